The number of nitrogens with two attached hydrogens (primary N) is 1. The van der Waals surface area contributed by atoms with Crippen molar-refractivity contribution in [1.82, 2.24) is 5.16 Å². The van der Waals surface area contributed by atoms with E-state index in [1.807, 2.05) is 29.8 Å². The third-order valence-corrected chi connectivity index (χ3v) is 4.03. The van der Waals surface area contributed by atoms with Crippen LogP contribution in [0.25, 0.3) is 11.3 Å². The van der Waals surface area contributed by atoms with Crippen LogP contribution in [0.5, 0.6) is 0 Å². The minimum absolute atomic E-state index is 0.0491. The topological polar surface area (TPSA) is 98.2 Å². The first-order chi connectivity index (χ1) is 11.1. The normalized spacial score (nSPS) is 10.5. The lowest BCUT2D eigenvalue weighted by molar-refractivity contribution is 0.100. The molecule has 6 nitrogen and oxygen atoms in total. The lowest BCUT2D eigenvalue weighted by Crippen LogP contribution is -2.18. The molecule has 0 aliphatic rings. The summed E-state index contributed by atoms with van der Waals surface area (Å²) in [4.78, 5) is 24.1. The van der Waals surface area contributed by atoms with E-state index in [0.717, 1.165) is 5.56 Å². The van der Waals surface area contributed by atoms with E-state index in [2.05, 4.69) is 10.5 Å². The summed E-state index contributed by atoms with van der Waals surface area (Å²) in [6.45, 7) is 1.82. The lowest BCUT2D eigenvalue weighted by Gasteiger charge is -2.05. The van der Waals surface area contributed by atoms with Crippen molar-refractivity contribution in [3.8, 4) is 11.3 Å². The number of carbonyl (C=O) groups excluding carboxylic acids is 2. The lowest BCUT2D eigenvalue weighted by atomic mass is 10.1. The molecule has 0 aliphatic heterocycles. The van der Waals surface area contributed by atoms with Crippen LogP contribution in [0.4, 0.5) is 5.88 Å². The Morgan fingerprint density at radius 1 is 1.26 bits per heavy atom. The fourth-order valence-electron chi connectivity index (χ4n) is 2.20. The molecule has 0 atom stereocenters. The molecule has 1 aromatic carbocycles. The zero-order chi connectivity index (χ0) is 16.4. The van der Waals surface area contributed by atoms with Gasteiger partial charge in [0.15, 0.2) is 0 Å². The van der Waals surface area contributed by atoms with Crippen LogP contribution in [0.1, 0.15) is 26.3 Å². The van der Waals surface area contributed by atoms with Crippen LogP contribution >= 0.6 is 11.3 Å². The Kier molecular flexibility index (Phi) is 3.94. The predicted octanol–water partition coefficient (Wildman–Crippen LogP) is 3.06. The van der Waals surface area contributed by atoms with Crippen molar-refractivity contribution in [3.05, 3.63) is 57.8 Å². The summed E-state index contributed by atoms with van der Waals surface area (Å²) in [6.07, 6.45) is 0. The Morgan fingerprint density at radius 2 is 2.04 bits per heavy atom. The average Bonchev–Trinajstić information content (AvgIpc) is 3.16. The Balaban J connectivity index is 1.97. The predicted molar refractivity (Wildman–Crippen MR) is 87.5 cm³/mol. The van der Waals surface area contributed by atoms with Gasteiger partial charge in [0.2, 0.25) is 5.88 Å². The van der Waals surface area contributed by atoms with Gasteiger partial charge >= 0.3 is 0 Å². The van der Waals surface area contributed by atoms with Crippen LogP contribution in [0.15, 0.2) is 45.6 Å². The van der Waals surface area contributed by atoms with E-state index in [-0.39, 0.29) is 11.4 Å². The molecular formula is C16H13N3O3S. The van der Waals surface area contributed by atoms with Gasteiger partial charge in [0, 0.05) is 16.5 Å². The van der Waals surface area contributed by atoms with Gasteiger partial charge in [-0.05, 0) is 30.0 Å². The average molecular weight is 327 g/mol. The monoisotopic (exact) mass is 327 g/mol. The number of nitrogens with one attached hydrogen (secondary N) is 1. The quantitative estimate of drug-likeness (QED) is 0.769. The Labute approximate surface area is 135 Å². The van der Waals surface area contributed by atoms with Gasteiger partial charge in [-0.3, -0.25) is 14.9 Å². The van der Waals surface area contributed by atoms with E-state index >= 15 is 0 Å². The molecule has 3 aromatic rings. The number of rotatable bonds is 4. The molecule has 7 heteroatoms. The third-order valence-electron chi connectivity index (χ3n) is 3.35. The second-order valence-corrected chi connectivity index (χ2v) is 5.66. The Bertz CT molecular complexity index is 869. The number of benzene rings is 1. The van der Waals surface area contributed by atoms with Crippen LogP contribution < -0.4 is 11.1 Å². The van der Waals surface area contributed by atoms with E-state index < -0.39 is 11.8 Å². The van der Waals surface area contributed by atoms with Crippen LogP contribution in [-0.2, 0) is 0 Å². The number of anilines is 1. The highest BCUT2D eigenvalue weighted by atomic mass is 32.1. The van der Waals surface area contributed by atoms with Gasteiger partial charge in [-0.1, -0.05) is 23.4 Å². The van der Waals surface area contributed by atoms with Gasteiger partial charge in [-0.15, -0.1) is 0 Å². The van der Waals surface area contributed by atoms with Crippen molar-refractivity contribution in [2.45, 2.75) is 6.92 Å². The maximum atomic E-state index is 12.4. The largest absolute Gasteiger partial charge is 0.365 e. The molecule has 0 saturated heterocycles. The second-order valence-electron chi connectivity index (χ2n) is 4.88. The third kappa shape index (κ3) is 2.86. The molecular weight excluding hydrogens is 314 g/mol. The Hall–Kier alpha value is -2.93. The molecule has 2 heterocycles. The van der Waals surface area contributed by atoms with Crippen molar-refractivity contribution in [3.63, 3.8) is 0 Å². The number of thiophene rings is 1. The molecule has 2 amide bonds. The zero-order valence-corrected chi connectivity index (χ0v) is 13.0. The van der Waals surface area contributed by atoms with Crippen molar-refractivity contribution in [2.24, 2.45) is 5.73 Å². The summed E-state index contributed by atoms with van der Waals surface area (Å²) < 4.78 is 5.13. The summed E-state index contributed by atoms with van der Waals surface area (Å²) in [5.74, 6) is -1.15. The molecule has 23 heavy (non-hydrogen) atoms. The zero-order valence-electron chi connectivity index (χ0n) is 12.2. The summed E-state index contributed by atoms with van der Waals surface area (Å²) in [6, 6.07) is 8.89. The van der Waals surface area contributed by atoms with Crippen molar-refractivity contribution in [1.29, 1.82) is 0 Å². The highest BCUT2D eigenvalue weighted by Gasteiger charge is 2.24. The van der Waals surface area contributed by atoms with Gasteiger partial charge in [0.05, 0.1) is 0 Å². The SMILES string of the molecule is Cc1ccccc1C(=O)Nc1onc(-c2ccsc2)c1C(N)=O. The number of carbonyl (C=O) groups is 2. The Morgan fingerprint density at radius 3 is 2.70 bits per heavy atom. The smallest absolute Gasteiger partial charge is 0.258 e. The van der Waals surface area contributed by atoms with Crippen LogP contribution in [0.3, 0.4) is 0 Å². The van der Waals surface area contributed by atoms with E-state index in [1.165, 1.54) is 11.3 Å². The number of amides is 2. The molecule has 0 radical (unpaired) electrons. The molecule has 0 saturated carbocycles. The summed E-state index contributed by atoms with van der Waals surface area (Å²) in [5.41, 5.74) is 7.81. The first-order valence-electron chi connectivity index (χ1n) is 6.77. The van der Waals surface area contributed by atoms with Crippen molar-refractivity contribution in [2.75, 3.05) is 5.32 Å². The molecule has 0 spiro atoms. The second kappa shape index (κ2) is 6.05. The van der Waals surface area contributed by atoms with Crippen LogP contribution in [0.2, 0.25) is 0 Å². The summed E-state index contributed by atoms with van der Waals surface area (Å²) in [5, 5.41) is 10.1. The van der Waals surface area contributed by atoms with Crippen molar-refractivity contribution < 1.29 is 14.1 Å². The standard InChI is InChI=1S/C16H13N3O3S/c1-9-4-2-3-5-11(9)15(21)18-16-12(14(17)20)13(19-22-16)10-6-7-23-8-10/h2-8H,1H3,(H2,17,20)(H,18,21). The number of aromatic nitrogens is 1. The maximum Gasteiger partial charge on any atom is 0.258 e. The van der Waals surface area contributed by atoms with Gasteiger partial charge in [0.1, 0.15) is 11.3 Å². The molecule has 0 fully saturated rings. The number of hydrogen-bond acceptors (Lipinski definition) is 5. The van der Waals surface area contributed by atoms with Gasteiger partial charge < -0.3 is 10.3 Å². The highest BCUT2D eigenvalue weighted by molar-refractivity contribution is 7.08. The summed E-state index contributed by atoms with van der Waals surface area (Å²) in [7, 11) is 0. The van der Waals surface area contributed by atoms with Crippen LogP contribution in [0, 0.1) is 6.92 Å². The minimum Gasteiger partial charge on any atom is -0.365 e. The van der Waals surface area contributed by atoms with Crippen molar-refractivity contribution >= 4 is 29.0 Å². The maximum absolute atomic E-state index is 12.4. The number of aryl methyl sites for hydroxylation is 1. The first-order valence-corrected chi connectivity index (χ1v) is 7.71. The molecule has 116 valence electrons. The number of hydrogen-bond donors (Lipinski definition) is 2. The highest BCUT2D eigenvalue weighted by Crippen LogP contribution is 2.30. The van der Waals surface area contributed by atoms with E-state index in [9.17, 15) is 9.59 Å². The summed E-state index contributed by atoms with van der Waals surface area (Å²) >= 11 is 1.46. The molecule has 0 bridgehead atoms. The van der Waals surface area contributed by atoms with Gasteiger partial charge in [-0.2, -0.15) is 11.3 Å². The fraction of sp³-hybridized carbons (Fsp3) is 0.0625. The van der Waals surface area contributed by atoms with Gasteiger partial charge in [0.25, 0.3) is 11.8 Å². The minimum atomic E-state index is -0.715. The van der Waals surface area contributed by atoms with Gasteiger partial charge in [-0.25, -0.2) is 0 Å². The fourth-order valence-corrected chi connectivity index (χ4v) is 2.84. The number of nitrogens with zero attached hydrogens (tertiary/aromatic N) is 1. The number of primary amides is 1. The molecule has 3 N–H and O–H groups in total. The first kappa shape index (κ1) is 15.0. The molecule has 0 aliphatic carbocycles. The van der Waals surface area contributed by atoms with E-state index in [4.69, 9.17) is 10.3 Å². The molecule has 3 rings (SSSR count). The molecule has 2 aromatic heterocycles. The van der Waals surface area contributed by atoms with E-state index in [1.54, 1.807) is 18.2 Å². The van der Waals surface area contributed by atoms with E-state index in [0.29, 0.717) is 16.8 Å². The van der Waals surface area contributed by atoms with Crippen LogP contribution in [-0.4, -0.2) is 17.0 Å². The molecule has 0 unspecified atom stereocenters.